The number of ether oxygens (including phenoxy) is 2. The summed E-state index contributed by atoms with van der Waals surface area (Å²) in [6.07, 6.45) is 0.229. The van der Waals surface area contributed by atoms with Crippen molar-refractivity contribution < 1.29 is 19.2 Å². The van der Waals surface area contributed by atoms with Crippen molar-refractivity contribution in [2.24, 2.45) is 0 Å². The Hall–Kier alpha value is -1.83. The molecule has 0 N–H and O–H groups in total. The van der Waals surface area contributed by atoms with Crippen LogP contribution in [0.25, 0.3) is 0 Å². The average Bonchev–Trinajstić information content (AvgIpc) is 2.61. The third-order valence-corrected chi connectivity index (χ3v) is 2.04. The minimum absolute atomic E-state index is 0.0617. The van der Waals surface area contributed by atoms with Gasteiger partial charge in [0.05, 0.1) is 0 Å². The maximum Gasteiger partial charge on any atom is 0.509 e. The standard InChI is InChI=1S/C8H10ClN3O5/c1-6-10-4-7(12(14)15)11(6)2-3-16-8(13)17-5-9/h4H,2-3,5H2,1H3. The summed E-state index contributed by atoms with van der Waals surface area (Å²) >= 11 is 5.14. The van der Waals surface area contributed by atoms with Crippen molar-refractivity contribution in [1.29, 1.82) is 0 Å². The molecule has 94 valence electrons. The van der Waals surface area contributed by atoms with Crippen molar-refractivity contribution in [3.63, 3.8) is 0 Å². The summed E-state index contributed by atoms with van der Waals surface area (Å²) in [7, 11) is 0. The summed E-state index contributed by atoms with van der Waals surface area (Å²) in [5, 5.41) is 10.6. The molecule has 9 heteroatoms. The number of halogens is 1. The quantitative estimate of drug-likeness (QED) is 0.345. The van der Waals surface area contributed by atoms with Crippen LogP contribution in [0, 0.1) is 17.0 Å². The number of carbonyl (C=O) groups is 1. The first-order valence-corrected chi connectivity index (χ1v) is 5.11. The van der Waals surface area contributed by atoms with Gasteiger partial charge in [0.15, 0.2) is 11.9 Å². The maximum absolute atomic E-state index is 10.8. The summed E-state index contributed by atoms with van der Waals surface area (Å²) in [4.78, 5) is 24.7. The Morgan fingerprint density at radius 3 is 2.94 bits per heavy atom. The normalized spacial score (nSPS) is 10.0. The Balaban J connectivity index is 2.54. The Labute approximate surface area is 101 Å². The van der Waals surface area contributed by atoms with Crippen LogP contribution in [0.15, 0.2) is 6.20 Å². The highest BCUT2D eigenvalue weighted by Gasteiger charge is 2.17. The first-order valence-electron chi connectivity index (χ1n) is 4.58. The fourth-order valence-electron chi connectivity index (χ4n) is 1.18. The maximum atomic E-state index is 10.8. The van der Waals surface area contributed by atoms with Crippen LogP contribution < -0.4 is 0 Å². The van der Waals surface area contributed by atoms with Crippen LogP contribution in [-0.4, -0.2) is 33.3 Å². The fraction of sp³-hybridized carbons (Fsp3) is 0.500. The zero-order chi connectivity index (χ0) is 12.8. The summed E-state index contributed by atoms with van der Waals surface area (Å²) in [6, 6.07) is -0.302. The number of hydrogen-bond donors (Lipinski definition) is 0. The molecule has 0 atom stereocenters. The Kier molecular flexibility index (Phi) is 4.70. The second-order valence-corrected chi connectivity index (χ2v) is 3.14. The topological polar surface area (TPSA) is 96.5 Å². The molecule has 0 saturated heterocycles. The number of hydrogen-bond acceptors (Lipinski definition) is 6. The summed E-state index contributed by atoms with van der Waals surface area (Å²) in [5.74, 6) is 0.308. The smallest absolute Gasteiger partial charge is 0.430 e. The number of aryl methyl sites for hydroxylation is 1. The first kappa shape index (κ1) is 13.2. The van der Waals surface area contributed by atoms with Gasteiger partial charge in [0, 0.05) is 6.92 Å². The molecule has 1 aromatic heterocycles. The van der Waals surface area contributed by atoms with Crippen molar-refractivity contribution >= 4 is 23.6 Å². The second-order valence-electron chi connectivity index (χ2n) is 2.92. The molecule has 1 aromatic rings. The van der Waals surface area contributed by atoms with E-state index < -0.39 is 11.1 Å². The van der Waals surface area contributed by atoms with Crippen LogP contribution in [0.2, 0.25) is 0 Å². The highest BCUT2D eigenvalue weighted by molar-refractivity contribution is 6.17. The van der Waals surface area contributed by atoms with Gasteiger partial charge >= 0.3 is 12.0 Å². The molecule has 0 aliphatic rings. The lowest BCUT2D eigenvalue weighted by molar-refractivity contribution is -0.392. The molecule has 0 radical (unpaired) electrons. The van der Waals surface area contributed by atoms with Gasteiger partial charge < -0.3 is 19.6 Å². The van der Waals surface area contributed by atoms with Gasteiger partial charge in [-0.3, -0.25) is 0 Å². The van der Waals surface area contributed by atoms with Gasteiger partial charge in [-0.25, -0.2) is 14.3 Å². The summed E-state index contributed by atoms with van der Waals surface area (Å²) < 4.78 is 10.3. The van der Waals surface area contributed by atoms with Gasteiger partial charge in [0.25, 0.3) is 0 Å². The van der Waals surface area contributed by atoms with E-state index in [-0.39, 0.29) is 25.0 Å². The van der Waals surface area contributed by atoms with E-state index in [4.69, 9.17) is 11.6 Å². The molecule has 17 heavy (non-hydrogen) atoms. The number of carbonyl (C=O) groups excluding carboxylic acids is 1. The van der Waals surface area contributed by atoms with Crippen molar-refractivity contribution in [3.05, 3.63) is 22.1 Å². The SMILES string of the molecule is Cc1ncc([N+](=O)[O-])n1CCOC(=O)OCCl. The van der Waals surface area contributed by atoms with Crippen molar-refractivity contribution in [1.82, 2.24) is 9.55 Å². The molecule has 0 unspecified atom stereocenters. The van der Waals surface area contributed by atoms with E-state index in [1.165, 1.54) is 4.57 Å². The van der Waals surface area contributed by atoms with E-state index in [1.54, 1.807) is 6.92 Å². The Morgan fingerprint density at radius 2 is 2.35 bits per heavy atom. The van der Waals surface area contributed by atoms with Crippen LogP contribution in [0.5, 0.6) is 0 Å². The molecule has 0 saturated carbocycles. The molecular formula is C8H10ClN3O5. The third kappa shape index (κ3) is 3.59. The molecule has 0 spiro atoms. The van der Waals surface area contributed by atoms with Crippen molar-refractivity contribution in [2.75, 3.05) is 12.7 Å². The van der Waals surface area contributed by atoms with Crippen LogP contribution in [0.3, 0.4) is 0 Å². The van der Waals surface area contributed by atoms with Crippen molar-refractivity contribution in [2.45, 2.75) is 13.5 Å². The van der Waals surface area contributed by atoms with Gasteiger partial charge in [0.1, 0.15) is 19.3 Å². The molecule has 1 heterocycles. The van der Waals surface area contributed by atoms with Gasteiger partial charge in [-0.05, 0) is 4.92 Å². The lowest BCUT2D eigenvalue weighted by Crippen LogP contribution is -2.14. The number of alkyl halides is 1. The molecule has 0 amide bonds. The van der Waals surface area contributed by atoms with Crippen LogP contribution in [0.4, 0.5) is 10.6 Å². The van der Waals surface area contributed by atoms with Crippen LogP contribution in [-0.2, 0) is 16.0 Å². The number of rotatable bonds is 5. The first-order chi connectivity index (χ1) is 8.06. The second kappa shape index (κ2) is 6.04. The largest absolute Gasteiger partial charge is 0.509 e. The molecule has 0 bridgehead atoms. The highest BCUT2D eigenvalue weighted by atomic mass is 35.5. The summed E-state index contributed by atoms with van der Waals surface area (Å²) in [6.45, 7) is 1.68. The number of nitrogens with zero attached hydrogens (tertiary/aromatic N) is 3. The number of imidazole rings is 1. The molecule has 0 fully saturated rings. The molecular weight excluding hydrogens is 254 g/mol. The van der Waals surface area contributed by atoms with E-state index in [2.05, 4.69) is 14.5 Å². The zero-order valence-electron chi connectivity index (χ0n) is 8.96. The minimum atomic E-state index is -0.916. The number of aromatic nitrogens is 2. The lowest BCUT2D eigenvalue weighted by Gasteiger charge is -2.04. The van der Waals surface area contributed by atoms with E-state index >= 15 is 0 Å². The average molecular weight is 264 g/mol. The van der Waals surface area contributed by atoms with Gasteiger partial charge in [0.2, 0.25) is 0 Å². The van der Waals surface area contributed by atoms with E-state index in [9.17, 15) is 14.9 Å². The third-order valence-electron chi connectivity index (χ3n) is 1.93. The van der Waals surface area contributed by atoms with Crippen LogP contribution >= 0.6 is 11.6 Å². The highest BCUT2D eigenvalue weighted by Crippen LogP contribution is 2.12. The fourth-order valence-corrected chi connectivity index (χ4v) is 1.27. The minimum Gasteiger partial charge on any atom is -0.430 e. The lowest BCUT2D eigenvalue weighted by atomic mass is 10.6. The molecule has 1 rings (SSSR count). The zero-order valence-corrected chi connectivity index (χ0v) is 9.72. The van der Waals surface area contributed by atoms with E-state index in [1.807, 2.05) is 0 Å². The molecule has 8 nitrogen and oxygen atoms in total. The predicted molar refractivity (Wildman–Crippen MR) is 56.8 cm³/mol. The van der Waals surface area contributed by atoms with Gasteiger partial charge in [-0.1, -0.05) is 11.6 Å². The van der Waals surface area contributed by atoms with E-state index in [0.717, 1.165) is 6.20 Å². The van der Waals surface area contributed by atoms with Gasteiger partial charge in [-0.15, -0.1) is 0 Å². The van der Waals surface area contributed by atoms with Crippen molar-refractivity contribution in [3.8, 4) is 0 Å². The molecule has 0 aliphatic carbocycles. The van der Waals surface area contributed by atoms with E-state index in [0.29, 0.717) is 5.82 Å². The van der Waals surface area contributed by atoms with Crippen LogP contribution in [0.1, 0.15) is 5.82 Å². The Bertz CT molecular complexity index is 419. The molecule has 0 aromatic carbocycles. The monoisotopic (exact) mass is 263 g/mol. The predicted octanol–water partition coefficient (Wildman–Crippen LogP) is 1.45. The number of nitro groups is 1. The Morgan fingerprint density at radius 1 is 1.65 bits per heavy atom. The van der Waals surface area contributed by atoms with Gasteiger partial charge in [-0.2, -0.15) is 0 Å². The summed E-state index contributed by atoms with van der Waals surface area (Å²) in [5.41, 5.74) is 0. The molecule has 0 aliphatic heterocycles.